The Balaban J connectivity index is 2.16. The fourth-order valence-corrected chi connectivity index (χ4v) is 1.25. The zero-order valence-corrected chi connectivity index (χ0v) is 9.40. The van der Waals surface area contributed by atoms with E-state index in [2.05, 4.69) is 15.5 Å². The number of nitrogens with one attached hydrogen (secondary N) is 1. The molecule has 0 aliphatic rings. The van der Waals surface area contributed by atoms with E-state index in [-0.39, 0.29) is 6.10 Å². The molecule has 0 radical (unpaired) electrons. The van der Waals surface area contributed by atoms with Crippen LogP contribution in [-0.2, 0) is 6.54 Å². The van der Waals surface area contributed by atoms with E-state index in [1.165, 1.54) is 0 Å². The Labute approximate surface area is 89.3 Å². The Bertz CT molecular complexity index is 287. The van der Waals surface area contributed by atoms with E-state index in [0.29, 0.717) is 31.3 Å². The van der Waals surface area contributed by atoms with Crippen molar-refractivity contribution in [3.8, 4) is 0 Å². The first-order valence-electron chi connectivity index (χ1n) is 4.90. The van der Waals surface area contributed by atoms with Gasteiger partial charge in [-0.25, -0.2) is 0 Å². The van der Waals surface area contributed by atoms with Crippen LogP contribution in [-0.4, -0.2) is 53.4 Å². The molecule has 0 aliphatic heterocycles. The number of aryl methyl sites for hydroxylation is 1. The van der Waals surface area contributed by atoms with Gasteiger partial charge in [-0.15, -0.1) is 0 Å². The molecule has 1 aromatic rings. The molecule has 1 atom stereocenters. The largest absolute Gasteiger partial charge is 0.390 e. The zero-order valence-electron chi connectivity index (χ0n) is 9.40. The van der Waals surface area contributed by atoms with Crippen LogP contribution in [0.4, 0.5) is 0 Å². The summed E-state index contributed by atoms with van der Waals surface area (Å²) in [6, 6.07) is 0. The zero-order chi connectivity index (χ0) is 11.3. The van der Waals surface area contributed by atoms with Gasteiger partial charge in [-0.3, -0.25) is 0 Å². The molecule has 15 heavy (non-hydrogen) atoms. The van der Waals surface area contributed by atoms with Gasteiger partial charge in [0.15, 0.2) is 5.82 Å². The molecule has 86 valence electrons. The molecule has 0 saturated heterocycles. The van der Waals surface area contributed by atoms with Crippen molar-refractivity contribution in [3.05, 3.63) is 11.7 Å². The first kappa shape index (κ1) is 12.1. The van der Waals surface area contributed by atoms with Gasteiger partial charge in [0.05, 0.1) is 12.6 Å². The minimum atomic E-state index is -0.381. The van der Waals surface area contributed by atoms with E-state index >= 15 is 0 Å². The molecule has 6 nitrogen and oxygen atoms in total. The molecule has 0 fully saturated rings. The third-order valence-electron chi connectivity index (χ3n) is 1.81. The fraction of sp³-hybridized carbons (Fsp3) is 0.778. The summed E-state index contributed by atoms with van der Waals surface area (Å²) in [6.07, 6.45) is -0.381. The Morgan fingerprint density at radius 3 is 2.80 bits per heavy atom. The Morgan fingerprint density at radius 2 is 2.27 bits per heavy atom. The highest BCUT2D eigenvalue weighted by Crippen LogP contribution is 1.94. The predicted molar refractivity (Wildman–Crippen MR) is 55.3 cm³/mol. The molecule has 6 heteroatoms. The summed E-state index contributed by atoms with van der Waals surface area (Å²) < 4.78 is 4.81. The summed E-state index contributed by atoms with van der Waals surface area (Å²) in [5.41, 5.74) is 0. The van der Waals surface area contributed by atoms with E-state index in [1.807, 2.05) is 19.0 Å². The van der Waals surface area contributed by atoms with Gasteiger partial charge in [0.2, 0.25) is 5.89 Å². The Morgan fingerprint density at radius 1 is 1.53 bits per heavy atom. The summed E-state index contributed by atoms with van der Waals surface area (Å²) >= 11 is 0. The van der Waals surface area contributed by atoms with Crippen LogP contribution in [0.15, 0.2) is 4.52 Å². The van der Waals surface area contributed by atoms with E-state index in [4.69, 9.17) is 4.52 Å². The summed E-state index contributed by atoms with van der Waals surface area (Å²) in [5.74, 6) is 1.17. The highest BCUT2D eigenvalue weighted by Gasteiger charge is 2.06. The lowest BCUT2D eigenvalue weighted by atomic mass is 10.3. The Kier molecular flexibility index (Phi) is 4.67. The van der Waals surface area contributed by atoms with Gasteiger partial charge < -0.3 is 19.8 Å². The summed E-state index contributed by atoms with van der Waals surface area (Å²) in [5, 5.41) is 16.3. The topological polar surface area (TPSA) is 74.4 Å². The van der Waals surface area contributed by atoms with Gasteiger partial charge in [-0.2, -0.15) is 4.98 Å². The normalized spacial score (nSPS) is 13.4. The van der Waals surface area contributed by atoms with Crippen LogP contribution in [0.5, 0.6) is 0 Å². The number of aliphatic hydroxyl groups is 1. The smallest absolute Gasteiger partial charge is 0.223 e. The molecule has 0 amide bonds. The van der Waals surface area contributed by atoms with Crippen LogP contribution in [0.1, 0.15) is 11.7 Å². The standard InChI is InChI=1S/C9H18N4O2/c1-7-11-9(12-15-7)5-10-4-8(14)6-13(2)3/h8,10,14H,4-6H2,1-3H3. The average Bonchev–Trinajstić information content (AvgIpc) is 2.50. The van der Waals surface area contributed by atoms with Crippen LogP contribution in [0.25, 0.3) is 0 Å². The van der Waals surface area contributed by atoms with Crippen molar-refractivity contribution in [2.45, 2.75) is 19.6 Å². The molecule has 0 spiro atoms. The maximum Gasteiger partial charge on any atom is 0.223 e. The molecule has 1 aromatic heterocycles. The highest BCUT2D eigenvalue weighted by molar-refractivity contribution is 4.83. The van der Waals surface area contributed by atoms with Crippen LogP contribution in [0.3, 0.4) is 0 Å². The van der Waals surface area contributed by atoms with Crippen molar-refractivity contribution in [3.63, 3.8) is 0 Å². The number of rotatable bonds is 6. The van der Waals surface area contributed by atoms with Crippen molar-refractivity contribution in [1.29, 1.82) is 0 Å². The lowest BCUT2D eigenvalue weighted by Gasteiger charge is -2.15. The number of likely N-dealkylation sites (N-methyl/N-ethyl adjacent to an activating group) is 1. The van der Waals surface area contributed by atoms with Crippen LogP contribution >= 0.6 is 0 Å². The first-order chi connectivity index (χ1) is 7.08. The van der Waals surface area contributed by atoms with Gasteiger partial charge in [0.25, 0.3) is 0 Å². The van der Waals surface area contributed by atoms with E-state index in [9.17, 15) is 5.11 Å². The third kappa shape index (κ3) is 4.87. The molecule has 0 saturated carbocycles. The summed E-state index contributed by atoms with van der Waals surface area (Å²) in [6.45, 7) is 3.42. The van der Waals surface area contributed by atoms with E-state index in [0.717, 1.165) is 0 Å². The molecular weight excluding hydrogens is 196 g/mol. The molecule has 0 aromatic carbocycles. The van der Waals surface area contributed by atoms with Crippen LogP contribution in [0, 0.1) is 6.92 Å². The van der Waals surface area contributed by atoms with Gasteiger partial charge in [0, 0.05) is 20.0 Å². The second-order valence-corrected chi connectivity index (χ2v) is 3.78. The van der Waals surface area contributed by atoms with Crippen molar-refractivity contribution >= 4 is 0 Å². The minimum Gasteiger partial charge on any atom is -0.390 e. The van der Waals surface area contributed by atoms with Crippen molar-refractivity contribution in [2.24, 2.45) is 0 Å². The van der Waals surface area contributed by atoms with E-state index < -0.39 is 0 Å². The molecular formula is C9H18N4O2. The summed E-state index contributed by atoms with van der Waals surface area (Å²) in [7, 11) is 3.84. The lowest BCUT2D eigenvalue weighted by Crippen LogP contribution is -2.34. The van der Waals surface area contributed by atoms with Gasteiger partial charge in [-0.1, -0.05) is 5.16 Å². The average molecular weight is 214 g/mol. The number of nitrogens with zero attached hydrogens (tertiary/aromatic N) is 3. The molecule has 1 unspecified atom stereocenters. The van der Waals surface area contributed by atoms with Crippen LogP contribution in [0.2, 0.25) is 0 Å². The molecule has 1 heterocycles. The SMILES string of the molecule is Cc1nc(CNCC(O)CN(C)C)no1. The van der Waals surface area contributed by atoms with Gasteiger partial charge >= 0.3 is 0 Å². The second-order valence-electron chi connectivity index (χ2n) is 3.78. The van der Waals surface area contributed by atoms with Gasteiger partial charge in [0.1, 0.15) is 0 Å². The minimum absolute atomic E-state index is 0.381. The monoisotopic (exact) mass is 214 g/mol. The predicted octanol–water partition coefficient (Wildman–Crippen LogP) is -0.610. The number of aromatic nitrogens is 2. The molecule has 0 bridgehead atoms. The Hall–Kier alpha value is -0.980. The third-order valence-corrected chi connectivity index (χ3v) is 1.81. The highest BCUT2D eigenvalue weighted by atomic mass is 16.5. The van der Waals surface area contributed by atoms with Crippen LogP contribution < -0.4 is 5.32 Å². The number of hydrogen-bond acceptors (Lipinski definition) is 6. The van der Waals surface area contributed by atoms with Crippen molar-refractivity contribution in [2.75, 3.05) is 27.2 Å². The van der Waals surface area contributed by atoms with Crippen molar-refractivity contribution < 1.29 is 9.63 Å². The van der Waals surface area contributed by atoms with Crippen molar-refractivity contribution in [1.82, 2.24) is 20.4 Å². The quantitative estimate of drug-likeness (QED) is 0.658. The number of hydrogen-bond donors (Lipinski definition) is 2. The van der Waals surface area contributed by atoms with E-state index in [1.54, 1.807) is 6.92 Å². The fourth-order valence-electron chi connectivity index (χ4n) is 1.25. The number of aliphatic hydroxyl groups excluding tert-OH is 1. The lowest BCUT2D eigenvalue weighted by molar-refractivity contribution is 0.134. The molecule has 2 N–H and O–H groups in total. The summed E-state index contributed by atoms with van der Waals surface area (Å²) in [4.78, 5) is 5.97. The second kappa shape index (κ2) is 5.79. The maximum atomic E-state index is 9.53. The van der Waals surface area contributed by atoms with Gasteiger partial charge in [-0.05, 0) is 14.1 Å². The maximum absolute atomic E-state index is 9.53. The molecule has 1 rings (SSSR count). The molecule has 0 aliphatic carbocycles. The first-order valence-corrected chi connectivity index (χ1v) is 4.90.